The number of hydrogen-bond donors (Lipinski definition) is 1. The maximum Gasteiger partial charge on any atom is 0.243 e. The predicted molar refractivity (Wildman–Crippen MR) is 110 cm³/mol. The normalized spacial score (nSPS) is 11.7. The van der Waals surface area contributed by atoms with Gasteiger partial charge in [0.25, 0.3) is 0 Å². The number of aryl methyl sites for hydroxylation is 1. The second-order valence-electron chi connectivity index (χ2n) is 6.57. The van der Waals surface area contributed by atoms with E-state index in [9.17, 15) is 8.42 Å². The van der Waals surface area contributed by atoms with E-state index in [0.717, 1.165) is 16.7 Å². The Morgan fingerprint density at radius 3 is 2.31 bits per heavy atom. The molecule has 0 atom stereocenters. The Kier molecular flexibility index (Phi) is 6.49. The number of benzene rings is 2. The van der Waals surface area contributed by atoms with Crippen molar-refractivity contribution in [3.05, 3.63) is 59.4 Å². The topological polar surface area (TPSA) is 90.7 Å². The Labute approximate surface area is 170 Å². The Morgan fingerprint density at radius 1 is 0.966 bits per heavy atom. The number of ether oxygens (including phenoxy) is 2. The monoisotopic (exact) mass is 416 g/mol. The molecular formula is C21H24N2O5S. The molecule has 154 valence electrons. The molecule has 8 heteroatoms. The van der Waals surface area contributed by atoms with Crippen molar-refractivity contribution in [1.29, 1.82) is 0 Å². The smallest absolute Gasteiger partial charge is 0.243 e. The van der Waals surface area contributed by atoms with Crippen molar-refractivity contribution < 1.29 is 22.4 Å². The van der Waals surface area contributed by atoms with Gasteiger partial charge in [-0.3, -0.25) is 0 Å². The molecule has 0 unspecified atom stereocenters. The number of rotatable bonds is 8. The van der Waals surface area contributed by atoms with Crippen molar-refractivity contribution in [3.63, 3.8) is 0 Å². The fraction of sp³-hybridized carbons (Fsp3) is 0.286. The van der Waals surface area contributed by atoms with E-state index in [-0.39, 0.29) is 11.6 Å². The Bertz CT molecular complexity index is 1110. The first kappa shape index (κ1) is 21.2. The highest BCUT2D eigenvalue weighted by atomic mass is 32.2. The highest BCUT2D eigenvalue weighted by molar-refractivity contribution is 7.89. The average Bonchev–Trinajstić information content (AvgIpc) is 3.05. The zero-order valence-corrected chi connectivity index (χ0v) is 17.7. The van der Waals surface area contributed by atoms with Crippen molar-refractivity contribution in [3.8, 4) is 22.4 Å². The van der Waals surface area contributed by atoms with Crippen LogP contribution in [0.3, 0.4) is 0 Å². The van der Waals surface area contributed by atoms with Gasteiger partial charge in [0.15, 0.2) is 0 Å². The molecule has 0 saturated heterocycles. The largest absolute Gasteiger partial charge is 0.380 e. The summed E-state index contributed by atoms with van der Waals surface area (Å²) in [5, 5.41) is 4.11. The van der Waals surface area contributed by atoms with Gasteiger partial charge in [0, 0.05) is 30.9 Å². The maximum atomic E-state index is 13.3. The van der Waals surface area contributed by atoms with E-state index in [2.05, 4.69) is 9.88 Å². The van der Waals surface area contributed by atoms with Crippen LogP contribution in [0, 0.1) is 13.8 Å². The van der Waals surface area contributed by atoms with Gasteiger partial charge in [-0.25, -0.2) is 8.42 Å². The van der Waals surface area contributed by atoms with Crippen LogP contribution in [0.5, 0.6) is 0 Å². The minimum Gasteiger partial charge on any atom is -0.380 e. The number of methoxy groups -OCH3 is 2. The molecule has 7 nitrogen and oxygen atoms in total. The fourth-order valence-electron chi connectivity index (χ4n) is 3.17. The summed E-state index contributed by atoms with van der Waals surface area (Å²) in [6.07, 6.45) is 0. The lowest BCUT2D eigenvalue weighted by atomic mass is 9.96. The van der Waals surface area contributed by atoms with Gasteiger partial charge in [-0.05, 0) is 25.0 Å². The number of nitrogens with zero attached hydrogens (tertiary/aromatic N) is 1. The lowest BCUT2D eigenvalue weighted by Crippen LogP contribution is -2.27. The SMILES string of the molecule is COCNS(=O)(=O)c1c(-c2ccccc2COC)cccc1-c1noc(C)c1C. The first-order valence-electron chi connectivity index (χ1n) is 9.02. The number of nitrogens with one attached hydrogen (secondary N) is 1. The highest BCUT2D eigenvalue weighted by Crippen LogP contribution is 2.38. The van der Waals surface area contributed by atoms with Crippen LogP contribution in [0.25, 0.3) is 22.4 Å². The van der Waals surface area contributed by atoms with Gasteiger partial charge in [0.05, 0.1) is 11.5 Å². The van der Waals surface area contributed by atoms with Crippen LogP contribution < -0.4 is 4.72 Å². The van der Waals surface area contributed by atoms with Crippen LogP contribution >= 0.6 is 0 Å². The van der Waals surface area contributed by atoms with Gasteiger partial charge in [-0.2, -0.15) is 4.72 Å². The highest BCUT2D eigenvalue weighted by Gasteiger charge is 2.27. The summed E-state index contributed by atoms with van der Waals surface area (Å²) in [4.78, 5) is 0.122. The molecule has 3 rings (SSSR count). The first-order valence-corrected chi connectivity index (χ1v) is 10.5. The van der Waals surface area contributed by atoms with Gasteiger partial charge < -0.3 is 14.0 Å². The van der Waals surface area contributed by atoms with E-state index in [1.54, 1.807) is 26.2 Å². The molecule has 1 heterocycles. The molecule has 29 heavy (non-hydrogen) atoms. The van der Waals surface area contributed by atoms with Crippen LogP contribution in [0.2, 0.25) is 0 Å². The molecule has 1 N–H and O–H groups in total. The fourth-order valence-corrected chi connectivity index (χ4v) is 4.51. The molecule has 0 aliphatic rings. The molecule has 0 saturated carbocycles. The van der Waals surface area contributed by atoms with Crippen LogP contribution in [0.15, 0.2) is 51.9 Å². The lowest BCUT2D eigenvalue weighted by Gasteiger charge is -2.17. The zero-order valence-electron chi connectivity index (χ0n) is 16.9. The minimum atomic E-state index is -3.92. The van der Waals surface area contributed by atoms with Gasteiger partial charge in [-0.15, -0.1) is 0 Å². The van der Waals surface area contributed by atoms with Gasteiger partial charge >= 0.3 is 0 Å². The number of sulfonamides is 1. The first-order chi connectivity index (χ1) is 13.9. The minimum absolute atomic E-state index is 0.122. The molecule has 0 fully saturated rings. The van der Waals surface area contributed by atoms with E-state index in [4.69, 9.17) is 14.0 Å². The number of hydrogen-bond acceptors (Lipinski definition) is 6. The molecule has 0 spiro atoms. The third-order valence-electron chi connectivity index (χ3n) is 4.70. The van der Waals surface area contributed by atoms with Crippen LogP contribution in [-0.2, 0) is 26.1 Å². The summed E-state index contributed by atoms with van der Waals surface area (Å²) in [5.41, 5.74) is 3.95. The molecule has 0 aliphatic heterocycles. The predicted octanol–water partition coefficient (Wildman–Crippen LogP) is 3.65. The Balaban J connectivity index is 2.33. The van der Waals surface area contributed by atoms with Crippen LogP contribution in [0.1, 0.15) is 16.9 Å². The maximum absolute atomic E-state index is 13.3. The van der Waals surface area contributed by atoms with Crippen molar-refractivity contribution in [2.24, 2.45) is 0 Å². The lowest BCUT2D eigenvalue weighted by molar-refractivity contribution is 0.185. The molecule has 0 radical (unpaired) electrons. The molecule has 1 aromatic heterocycles. The summed E-state index contributed by atoms with van der Waals surface area (Å²) in [6, 6.07) is 12.9. The summed E-state index contributed by atoms with van der Waals surface area (Å²) < 4.78 is 44.6. The molecule has 0 aliphatic carbocycles. The molecule has 0 bridgehead atoms. The van der Waals surface area contributed by atoms with Crippen LogP contribution in [-0.4, -0.2) is 34.5 Å². The third-order valence-corrected chi connectivity index (χ3v) is 6.17. The second kappa shape index (κ2) is 8.87. The van der Waals surface area contributed by atoms with Gasteiger partial charge in [-0.1, -0.05) is 47.6 Å². The van der Waals surface area contributed by atoms with E-state index in [1.807, 2.05) is 37.3 Å². The summed E-state index contributed by atoms with van der Waals surface area (Å²) in [6.45, 7) is 3.85. The van der Waals surface area contributed by atoms with E-state index < -0.39 is 10.0 Å². The molecule has 2 aromatic carbocycles. The van der Waals surface area contributed by atoms with E-state index in [1.165, 1.54) is 7.11 Å². The van der Waals surface area contributed by atoms with Crippen molar-refractivity contribution in [1.82, 2.24) is 9.88 Å². The van der Waals surface area contributed by atoms with Crippen LogP contribution in [0.4, 0.5) is 0 Å². The average molecular weight is 416 g/mol. The van der Waals surface area contributed by atoms with E-state index in [0.29, 0.717) is 29.2 Å². The zero-order chi connectivity index (χ0) is 21.0. The molecule has 3 aromatic rings. The van der Waals surface area contributed by atoms with Crippen molar-refractivity contribution in [2.45, 2.75) is 25.3 Å². The summed E-state index contributed by atoms with van der Waals surface area (Å²) in [7, 11) is -0.888. The molecular weight excluding hydrogens is 392 g/mol. The van der Waals surface area contributed by atoms with E-state index >= 15 is 0 Å². The van der Waals surface area contributed by atoms with Gasteiger partial charge in [0.1, 0.15) is 18.2 Å². The summed E-state index contributed by atoms with van der Waals surface area (Å²) >= 11 is 0. The van der Waals surface area contributed by atoms with Crippen molar-refractivity contribution >= 4 is 10.0 Å². The number of aromatic nitrogens is 1. The third kappa shape index (κ3) is 4.25. The Morgan fingerprint density at radius 2 is 1.66 bits per heavy atom. The standard InChI is InChI=1S/C21H24N2O5S/c1-14-15(2)28-23-20(14)19-11-7-10-18(21(19)29(24,25)22-13-27-4)17-9-6-5-8-16(17)12-26-3/h5-11,22H,12-13H2,1-4H3. The van der Waals surface area contributed by atoms with Gasteiger partial charge in [0.2, 0.25) is 10.0 Å². The van der Waals surface area contributed by atoms with Crippen molar-refractivity contribution in [2.75, 3.05) is 21.0 Å². The Hall–Kier alpha value is -2.52. The summed E-state index contributed by atoms with van der Waals surface area (Å²) in [5.74, 6) is 0.637. The molecule has 0 amide bonds. The second-order valence-corrected chi connectivity index (χ2v) is 8.27. The quantitative estimate of drug-likeness (QED) is 0.564.